The number of fused-ring (bicyclic) bond motifs is 1. The summed E-state index contributed by atoms with van der Waals surface area (Å²) >= 11 is 0. The van der Waals surface area contributed by atoms with Gasteiger partial charge in [0.05, 0.1) is 46.7 Å². The number of para-hydroxylation sites is 3. The molecule has 12 nitrogen and oxygen atoms in total. The number of unbranched alkanes of at least 4 members (excludes halogenated alkanes) is 2. The van der Waals surface area contributed by atoms with E-state index in [1.807, 2.05) is 13.8 Å². The number of likely N-dealkylation sites (N-methyl/N-ethyl adjacent to an activating group) is 1. The fraction of sp³-hybridized carbons (Fsp3) is 0.417. The summed E-state index contributed by atoms with van der Waals surface area (Å²) in [6, 6.07) is 18.0. The maximum absolute atomic E-state index is 13.8. The maximum atomic E-state index is 13.8. The molecule has 0 unspecified atom stereocenters. The summed E-state index contributed by atoms with van der Waals surface area (Å²) in [6.45, 7) is 5.41. The number of sulfonamides is 1. The second kappa shape index (κ2) is 16.8. The van der Waals surface area contributed by atoms with E-state index in [2.05, 4.69) is 10.6 Å². The number of amides is 3. The van der Waals surface area contributed by atoms with Crippen LogP contribution in [0.25, 0.3) is 0 Å². The first kappa shape index (κ1) is 37.4. The first-order valence-corrected chi connectivity index (χ1v) is 17.9. The molecule has 0 aliphatic carbocycles. The summed E-state index contributed by atoms with van der Waals surface area (Å²) in [5.74, 6) is -1.02. The number of hydrogen-bond donors (Lipinski definition) is 4. The van der Waals surface area contributed by atoms with Gasteiger partial charge in [-0.25, -0.2) is 8.42 Å². The van der Waals surface area contributed by atoms with Gasteiger partial charge in [0.1, 0.15) is 6.10 Å². The average Bonchev–Trinajstić information content (AvgIpc) is 3.07. The SMILES string of the molecule is Cc1ccc(S(=O)(=O)N(C)C[C@H]2Oc3c(NC(=O)CCCCCC(=O)Nc4ccccc4N)cccc3C(=O)N([C@@H](C)CO)C[C@@H]2C)cc1. The fourth-order valence-corrected chi connectivity index (χ4v) is 6.77. The van der Waals surface area contributed by atoms with E-state index in [9.17, 15) is 27.9 Å². The third kappa shape index (κ3) is 9.58. The number of nitrogens with one attached hydrogen (secondary N) is 2. The number of aliphatic hydroxyl groups excluding tert-OH is 1. The van der Waals surface area contributed by atoms with Gasteiger partial charge in [-0.3, -0.25) is 14.4 Å². The number of ether oxygens (including phenoxy) is 1. The Morgan fingerprint density at radius 1 is 0.980 bits per heavy atom. The number of rotatable bonds is 14. The predicted molar refractivity (Wildman–Crippen MR) is 190 cm³/mol. The molecule has 1 aliphatic rings. The summed E-state index contributed by atoms with van der Waals surface area (Å²) in [7, 11) is -2.37. The van der Waals surface area contributed by atoms with Crippen LogP contribution in [-0.2, 0) is 19.6 Å². The molecule has 3 atom stereocenters. The van der Waals surface area contributed by atoms with Gasteiger partial charge in [0.25, 0.3) is 5.91 Å². The minimum Gasteiger partial charge on any atom is -0.486 e. The summed E-state index contributed by atoms with van der Waals surface area (Å²) < 4.78 is 34.7. The van der Waals surface area contributed by atoms with E-state index in [1.165, 1.54) is 11.4 Å². The second-order valence-corrected chi connectivity index (χ2v) is 14.7. The van der Waals surface area contributed by atoms with Crippen LogP contribution in [0.4, 0.5) is 17.1 Å². The van der Waals surface area contributed by atoms with Gasteiger partial charge < -0.3 is 31.1 Å². The van der Waals surface area contributed by atoms with Crippen LogP contribution in [0.15, 0.2) is 71.6 Å². The topological polar surface area (TPSA) is 171 Å². The van der Waals surface area contributed by atoms with Gasteiger partial charge in [-0.05, 0) is 63.1 Å². The van der Waals surface area contributed by atoms with E-state index < -0.39 is 22.2 Å². The monoisotopic (exact) mass is 693 g/mol. The highest BCUT2D eigenvalue weighted by Crippen LogP contribution is 2.35. The zero-order chi connectivity index (χ0) is 35.7. The third-order valence-electron chi connectivity index (χ3n) is 8.67. The molecule has 13 heteroatoms. The smallest absolute Gasteiger partial charge is 0.258 e. The molecule has 0 aromatic heterocycles. The number of aliphatic hydroxyl groups is 1. The van der Waals surface area contributed by atoms with Crippen LogP contribution >= 0.6 is 0 Å². The lowest BCUT2D eigenvalue weighted by atomic mass is 9.99. The van der Waals surface area contributed by atoms with Crippen molar-refractivity contribution in [3.63, 3.8) is 0 Å². The van der Waals surface area contributed by atoms with E-state index in [0.717, 1.165) is 5.56 Å². The number of nitrogens with zero attached hydrogens (tertiary/aromatic N) is 2. The van der Waals surface area contributed by atoms with Gasteiger partial charge in [0.15, 0.2) is 5.75 Å². The standard InChI is InChI=1S/C36H47N5O7S/c1-24-17-19-27(20-18-24)49(46,47)40(4)22-32-25(2)21-41(26(3)23-42)36(45)28-11-10-14-31(35(28)48-32)39-34(44)16-7-5-6-15-33(43)38-30-13-9-8-12-29(30)37/h8-14,17-20,25-26,32,42H,5-7,15-16,21-23,37H2,1-4H3,(H,38,43)(H,39,44)/t25-,26-,32+/m0/s1. The van der Waals surface area contributed by atoms with E-state index in [-0.39, 0.29) is 78.1 Å². The van der Waals surface area contributed by atoms with Crippen molar-refractivity contribution in [3.05, 3.63) is 77.9 Å². The Bertz CT molecular complexity index is 1730. The molecule has 1 heterocycles. The van der Waals surface area contributed by atoms with E-state index in [4.69, 9.17) is 10.5 Å². The Labute approximate surface area is 288 Å². The number of nitrogen functional groups attached to an aromatic ring is 1. The number of anilines is 3. The number of nitrogens with two attached hydrogens (primary N) is 1. The van der Waals surface area contributed by atoms with Crippen LogP contribution in [0.3, 0.4) is 0 Å². The molecule has 0 bridgehead atoms. The minimum atomic E-state index is -3.86. The molecule has 264 valence electrons. The summed E-state index contributed by atoms with van der Waals surface area (Å²) in [6.07, 6.45) is 1.51. The minimum absolute atomic E-state index is 0.0287. The van der Waals surface area contributed by atoms with Gasteiger partial charge in [0, 0.05) is 32.4 Å². The summed E-state index contributed by atoms with van der Waals surface area (Å²) in [5.41, 5.74) is 8.36. The molecule has 0 saturated carbocycles. The normalized spacial score (nSPS) is 17.0. The van der Waals surface area contributed by atoms with Crippen molar-refractivity contribution in [1.29, 1.82) is 0 Å². The maximum Gasteiger partial charge on any atom is 0.258 e. The lowest BCUT2D eigenvalue weighted by Gasteiger charge is -2.38. The van der Waals surface area contributed by atoms with E-state index >= 15 is 0 Å². The summed E-state index contributed by atoms with van der Waals surface area (Å²) in [4.78, 5) is 40.9. The zero-order valence-electron chi connectivity index (χ0n) is 28.5. The van der Waals surface area contributed by atoms with Crippen molar-refractivity contribution < 1.29 is 32.6 Å². The highest BCUT2D eigenvalue weighted by atomic mass is 32.2. The molecular weight excluding hydrogens is 646 g/mol. The number of benzene rings is 3. The first-order chi connectivity index (χ1) is 23.3. The molecule has 1 aliphatic heterocycles. The number of carbonyl (C=O) groups is 3. The Morgan fingerprint density at radius 3 is 2.22 bits per heavy atom. The molecule has 3 aromatic carbocycles. The quantitative estimate of drug-likeness (QED) is 0.140. The average molecular weight is 694 g/mol. The van der Waals surface area contributed by atoms with Crippen LogP contribution in [-0.4, -0.2) is 79.3 Å². The van der Waals surface area contributed by atoms with Crippen molar-refractivity contribution in [2.24, 2.45) is 5.92 Å². The highest BCUT2D eigenvalue weighted by molar-refractivity contribution is 7.89. The first-order valence-electron chi connectivity index (χ1n) is 16.5. The number of carbonyl (C=O) groups excluding carboxylic acids is 3. The molecule has 5 N–H and O–H groups in total. The molecular formula is C36H47N5O7S. The van der Waals surface area contributed by atoms with Gasteiger partial charge in [-0.15, -0.1) is 0 Å². The van der Waals surface area contributed by atoms with Gasteiger partial charge in [0.2, 0.25) is 21.8 Å². The molecule has 3 aromatic rings. The highest BCUT2D eigenvalue weighted by Gasteiger charge is 2.36. The van der Waals surface area contributed by atoms with E-state index in [1.54, 1.807) is 78.6 Å². The van der Waals surface area contributed by atoms with Crippen LogP contribution < -0.4 is 21.1 Å². The van der Waals surface area contributed by atoms with Crippen molar-refractivity contribution in [2.75, 3.05) is 43.1 Å². The van der Waals surface area contributed by atoms with Crippen LogP contribution in [0.1, 0.15) is 61.9 Å². The van der Waals surface area contributed by atoms with E-state index in [0.29, 0.717) is 30.6 Å². The largest absolute Gasteiger partial charge is 0.486 e. The Balaban J connectivity index is 1.46. The van der Waals surface area contributed by atoms with Crippen LogP contribution in [0, 0.1) is 12.8 Å². The summed E-state index contributed by atoms with van der Waals surface area (Å²) in [5, 5.41) is 15.6. The molecule has 0 radical (unpaired) electrons. The Hall–Kier alpha value is -4.46. The molecule has 4 rings (SSSR count). The number of hydrogen-bond acceptors (Lipinski definition) is 8. The number of aryl methyl sites for hydroxylation is 1. The van der Waals surface area contributed by atoms with Crippen molar-refractivity contribution in [2.45, 2.75) is 69.9 Å². The predicted octanol–water partition coefficient (Wildman–Crippen LogP) is 4.65. The van der Waals surface area contributed by atoms with Crippen LogP contribution in [0.5, 0.6) is 5.75 Å². The second-order valence-electron chi connectivity index (χ2n) is 12.6. The van der Waals surface area contributed by atoms with Crippen molar-refractivity contribution in [3.8, 4) is 5.75 Å². The van der Waals surface area contributed by atoms with Gasteiger partial charge >= 0.3 is 0 Å². The molecule has 0 saturated heterocycles. The zero-order valence-corrected chi connectivity index (χ0v) is 29.3. The molecule has 49 heavy (non-hydrogen) atoms. The fourth-order valence-electron chi connectivity index (χ4n) is 5.59. The molecule has 0 fully saturated rings. The third-order valence-corrected chi connectivity index (χ3v) is 10.5. The van der Waals surface area contributed by atoms with Crippen molar-refractivity contribution >= 4 is 44.8 Å². The van der Waals surface area contributed by atoms with Gasteiger partial charge in [-0.2, -0.15) is 4.31 Å². The molecule has 0 spiro atoms. The van der Waals surface area contributed by atoms with Gasteiger partial charge in [-0.1, -0.05) is 49.2 Å². The Morgan fingerprint density at radius 2 is 1.59 bits per heavy atom. The lowest BCUT2D eigenvalue weighted by molar-refractivity contribution is -0.116. The van der Waals surface area contributed by atoms with Crippen LogP contribution in [0.2, 0.25) is 0 Å². The van der Waals surface area contributed by atoms with Crippen molar-refractivity contribution in [1.82, 2.24) is 9.21 Å². The lowest BCUT2D eigenvalue weighted by Crippen LogP contribution is -2.50. The molecule has 3 amide bonds. The Kier molecular flexibility index (Phi) is 12.8.